The summed E-state index contributed by atoms with van der Waals surface area (Å²) >= 11 is 0. The van der Waals surface area contributed by atoms with Crippen LogP contribution in [0.25, 0.3) is 0 Å². The van der Waals surface area contributed by atoms with Gasteiger partial charge in [0.2, 0.25) is 0 Å². The van der Waals surface area contributed by atoms with Crippen LogP contribution in [0.3, 0.4) is 0 Å². The molecule has 1 rings (SSSR count). The molecule has 0 aliphatic heterocycles. The van der Waals surface area contributed by atoms with E-state index in [2.05, 4.69) is 12.2 Å². The molecule has 3 heteroatoms. The summed E-state index contributed by atoms with van der Waals surface area (Å²) in [5.74, 6) is 1.75. The molecule has 96 valence electrons. The van der Waals surface area contributed by atoms with Crippen molar-refractivity contribution in [2.75, 3.05) is 26.8 Å². The van der Waals surface area contributed by atoms with E-state index in [1.54, 1.807) is 7.11 Å². The van der Waals surface area contributed by atoms with E-state index in [4.69, 9.17) is 4.74 Å². The predicted molar refractivity (Wildman–Crippen MR) is 66.5 cm³/mol. The molecule has 0 amide bonds. The van der Waals surface area contributed by atoms with E-state index in [9.17, 15) is 5.11 Å². The van der Waals surface area contributed by atoms with Gasteiger partial charge in [0.05, 0.1) is 12.7 Å². The van der Waals surface area contributed by atoms with Crippen molar-refractivity contribution >= 4 is 0 Å². The zero-order valence-corrected chi connectivity index (χ0v) is 10.7. The van der Waals surface area contributed by atoms with Gasteiger partial charge in [-0.3, -0.25) is 0 Å². The molecule has 1 saturated carbocycles. The lowest BCUT2D eigenvalue weighted by Gasteiger charge is -2.28. The molecule has 3 unspecified atom stereocenters. The standard InChI is InChI=1S/C13H27NO2/c1-3-11-5-4-6-12(7-11)8-14-9-13(15)10-16-2/h11-15H,3-10H2,1-2H3. The molecule has 1 aliphatic rings. The Morgan fingerprint density at radius 3 is 2.81 bits per heavy atom. The molecule has 1 aliphatic carbocycles. The van der Waals surface area contributed by atoms with Gasteiger partial charge in [0, 0.05) is 13.7 Å². The molecule has 2 N–H and O–H groups in total. The van der Waals surface area contributed by atoms with Crippen LogP contribution < -0.4 is 5.32 Å². The summed E-state index contributed by atoms with van der Waals surface area (Å²) in [5.41, 5.74) is 0. The molecule has 3 atom stereocenters. The predicted octanol–water partition coefficient (Wildman–Crippen LogP) is 1.80. The quantitative estimate of drug-likeness (QED) is 0.699. The summed E-state index contributed by atoms with van der Waals surface area (Å²) in [6, 6.07) is 0. The Morgan fingerprint density at radius 2 is 2.12 bits per heavy atom. The summed E-state index contributed by atoms with van der Waals surface area (Å²) in [5, 5.41) is 12.8. The van der Waals surface area contributed by atoms with Crippen LogP contribution in [-0.4, -0.2) is 38.0 Å². The third-order valence-electron chi connectivity index (χ3n) is 3.64. The maximum absolute atomic E-state index is 9.49. The molecule has 0 aromatic heterocycles. The number of ether oxygens (including phenoxy) is 1. The van der Waals surface area contributed by atoms with Crippen LogP contribution in [0.5, 0.6) is 0 Å². The first-order valence-corrected chi connectivity index (χ1v) is 6.64. The van der Waals surface area contributed by atoms with Crippen molar-refractivity contribution in [1.29, 1.82) is 0 Å². The fraction of sp³-hybridized carbons (Fsp3) is 1.00. The maximum Gasteiger partial charge on any atom is 0.0897 e. The molecular formula is C13H27NO2. The number of hydrogen-bond acceptors (Lipinski definition) is 3. The number of methoxy groups -OCH3 is 1. The second-order valence-electron chi connectivity index (χ2n) is 5.07. The fourth-order valence-electron chi connectivity index (χ4n) is 2.66. The number of hydrogen-bond donors (Lipinski definition) is 2. The fourth-order valence-corrected chi connectivity index (χ4v) is 2.66. The largest absolute Gasteiger partial charge is 0.389 e. The summed E-state index contributed by atoms with van der Waals surface area (Å²) in [6.45, 7) is 4.43. The van der Waals surface area contributed by atoms with E-state index in [-0.39, 0.29) is 6.10 Å². The van der Waals surface area contributed by atoms with Gasteiger partial charge >= 0.3 is 0 Å². The lowest BCUT2D eigenvalue weighted by atomic mass is 9.80. The minimum Gasteiger partial charge on any atom is -0.389 e. The average molecular weight is 229 g/mol. The first-order chi connectivity index (χ1) is 7.76. The molecule has 16 heavy (non-hydrogen) atoms. The normalized spacial score (nSPS) is 27.9. The minimum atomic E-state index is -0.365. The Bertz CT molecular complexity index is 175. The highest BCUT2D eigenvalue weighted by Crippen LogP contribution is 2.30. The van der Waals surface area contributed by atoms with Gasteiger partial charge in [-0.1, -0.05) is 26.2 Å². The topological polar surface area (TPSA) is 41.5 Å². The molecule has 1 fully saturated rings. The zero-order chi connectivity index (χ0) is 11.8. The first-order valence-electron chi connectivity index (χ1n) is 6.64. The van der Waals surface area contributed by atoms with Crippen LogP contribution in [0, 0.1) is 11.8 Å². The molecule has 0 saturated heterocycles. The summed E-state index contributed by atoms with van der Waals surface area (Å²) in [7, 11) is 1.62. The van der Waals surface area contributed by atoms with E-state index in [1.807, 2.05) is 0 Å². The Kier molecular flexibility index (Phi) is 7.01. The number of aliphatic hydroxyl groups is 1. The number of aliphatic hydroxyl groups excluding tert-OH is 1. The molecule has 0 heterocycles. The van der Waals surface area contributed by atoms with Crippen LogP contribution in [0.4, 0.5) is 0 Å². The minimum absolute atomic E-state index is 0.365. The van der Waals surface area contributed by atoms with Gasteiger partial charge in [-0.2, -0.15) is 0 Å². The van der Waals surface area contributed by atoms with E-state index >= 15 is 0 Å². The molecule has 0 bridgehead atoms. The van der Waals surface area contributed by atoms with Crippen molar-refractivity contribution in [2.45, 2.75) is 45.1 Å². The number of rotatable bonds is 7. The first kappa shape index (κ1) is 13.9. The van der Waals surface area contributed by atoms with Gasteiger partial charge in [-0.15, -0.1) is 0 Å². The van der Waals surface area contributed by atoms with E-state index in [1.165, 1.54) is 32.1 Å². The SMILES string of the molecule is CCC1CCCC(CNCC(O)COC)C1. The van der Waals surface area contributed by atoms with Crippen molar-refractivity contribution in [3.63, 3.8) is 0 Å². The van der Waals surface area contributed by atoms with Gasteiger partial charge in [0.25, 0.3) is 0 Å². The Morgan fingerprint density at radius 1 is 1.38 bits per heavy atom. The Hall–Kier alpha value is -0.120. The van der Waals surface area contributed by atoms with Crippen molar-refractivity contribution in [2.24, 2.45) is 11.8 Å². The summed E-state index contributed by atoms with van der Waals surface area (Å²) in [4.78, 5) is 0. The van der Waals surface area contributed by atoms with E-state index in [0.717, 1.165) is 18.4 Å². The summed E-state index contributed by atoms with van der Waals surface area (Å²) < 4.78 is 4.89. The summed E-state index contributed by atoms with van der Waals surface area (Å²) in [6.07, 6.45) is 6.47. The molecular weight excluding hydrogens is 202 g/mol. The second-order valence-corrected chi connectivity index (χ2v) is 5.07. The van der Waals surface area contributed by atoms with Crippen molar-refractivity contribution < 1.29 is 9.84 Å². The van der Waals surface area contributed by atoms with Crippen molar-refractivity contribution in [3.05, 3.63) is 0 Å². The highest BCUT2D eigenvalue weighted by molar-refractivity contribution is 4.74. The smallest absolute Gasteiger partial charge is 0.0897 e. The lowest BCUT2D eigenvalue weighted by Crippen LogP contribution is -2.34. The van der Waals surface area contributed by atoms with Gasteiger partial charge in [-0.05, 0) is 31.2 Å². The maximum atomic E-state index is 9.49. The Balaban J connectivity index is 2.08. The van der Waals surface area contributed by atoms with Crippen LogP contribution in [0.2, 0.25) is 0 Å². The van der Waals surface area contributed by atoms with E-state index < -0.39 is 0 Å². The lowest BCUT2D eigenvalue weighted by molar-refractivity contribution is 0.0634. The highest BCUT2D eigenvalue weighted by atomic mass is 16.5. The molecule has 3 nitrogen and oxygen atoms in total. The molecule has 0 radical (unpaired) electrons. The second kappa shape index (κ2) is 8.04. The van der Waals surface area contributed by atoms with Gasteiger partial charge in [0.15, 0.2) is 0 Å². The number of nitrogens with one attached hydrogen (secondary N) is 1. The van der Waals surface area contributed by atoms with Crippen LogP contribution in [0.1, 0.15) is 39.0 Å². The zero-order valence-electron chi connectivity index (χ0n) is 10.7. The van der Waals surface area contributed by atoms with E-state index in [0.29, 0.717) is 13.2 Å². The van der Waals surface area contributed by atoms with Gasteiger partial charge < -0.3 is 15.2 Å². The molecule has 0 spiro atoms. The highest BCUT2D eigenvalue weighted by Gasteiger charge is 2.20. The van der Waals surface area contributed by atoms with Gasteiger partial charge in [0.1, 0.15) is 0 Å². The third kappa shape index (κ3) is 5.28. The van der Waals surface area contributed by atoms with Crippen LogP contribution >= 0.6 is 0 Å². The Labute approximate surface area is 99.6 Å². The average Bonchev–Trinajstić information content (AvgIpc) is 2.30. The van der Waals surface area contributed by atoms with Crippen molar-refractivity contribution in [1.82, 2.24) is 5.32 Å². The van der Waals surface area contributed by atoms with Crippen LogP contribution in [0.15, 0.2) is 0 Å². The third-order valence-corrected chi connectivity index (χ3v) is 3.64. The van der Waals surface area contributed by atoms with Crippen molar-refractivity contribution in [3.8, 4) is 0 Å². The van der Waals surface area contributed by atoms with Crippen LogP contribution in [-0.2, 0) is 4.74 Å². The molecule has 0 aromatic rings. The van der Waals surface area contributed by atoms with Gasteiger partial charge in [-0.25, -0.2) is 0 Å². The molecule has 0 aromatic carbocycles. The monoisotopic (exact) mass is 229 g/mol.